The zero-order valence-corrected chi connectivity index (χ0v) is 37.2. The Balaban J connectivity index is 0.000000168. The minimum atomic E-state index is -3.56. The first-order chi connectivity index (χ1) is 28.5. The minimum Gasteiger partial charge on any atom is -0.387 e. The van der Waals surface area contributed by atoms with Gasteiger partial charge in [0.15, 0.2) is 9.84 Å². The molecule has 2 heterocycles. The Kier molecular flexibility index (Phi) is 14.4. The quantitative estimate of drug-likeness (QED) is 0.401. The molecule has 4 aliphatic carbocycles. The lowest BCUT2D eigenvalue weighted by atomic mass is 9.98. The Bertz CT molecular complexity index is 2160. The van der Waals surface area contributed by atoms with Gasteiger partial charge < -0.3 is 29.7 Å². The monoisotopic (exact) mass is 867 g/mol. The maximum atomic E-state index is 12.9. The number of nitrogens with one attached hydrogen (secondary N) is 1. The number of fused-ring (bicyclic) bond motifs is 4. The molecule has 0 aromatic heterocycles. The molecule has 328 valence electrons. The van der Waals surface area contributed by atoms with Gasteiger partial charge in [-0.3, -0.25) is 4.79 Å². The third-order valence-corrected chi connectivity index (χ3v) is 16.4. The maximum Gasteiger partial charge on any atom is 0.319 e. The lowest BCUT2D eigenvalue weighted by Gasteiger charge is -2.33. The summed E-state index contributed by atoms with van der Waals surface area (Å²) >= 11 is 0. The summed E-state index contributed by atoms with van der Waals surface area (Å²) in [4.78, 5) is 42.6. The van der Waals surface area contributed by atoms with Gasteiger partial charge in [-0.2, -0.15) is 0 Å². The number of nitrogens with zero attached hydrogens (tertiary/aromatic N) is 5. The molecule has 17 heteroatoms. The molecule has 0 radical (unpaired) electrons. The van der Waals surface area contributed by atoms with Crippen LogP contribution in [0.15, 0.2) is 12.1 Å². The summed E-state index contributed by atoms with van der Waals surface area (Å²) in [6, 6.07) is 4.45. The van der Waals surface area contributed by atoms with E-state index in [9.17, 15) is 31.2 Å². The fraction of sp³-hybridized carbons (Fsp3) is 0.628. The number of nitriles is 1. The van der Waals surface area contributed by atoms with Gasteiger partial charge in [0, 0.05) is 60.1 Å². The van der Waals surface area contributed by atoms with Crippen molar-refractivity contribution >= 4 is 43.5 Å². The SMILES string of the molecule is CN(C)C(=O)N1CCC(S(=O)(=O)CC(=O)Nc2c3c(cc4c2CCC4)CCC3)CC1.CN(C)C(=O)N1CCC(S(N)(=O)=O)CC1.N#COc1c2c(cc3c1CCC3)CCC2. The van der Waals surface area contributed by atoms with E-state index in [1.807, 2.05) is 6.26 Å². The number of amides is 5. The van der Waals surface area contributed by atoms with E-state index in [-0.39, 0.29) is 12.1 Å². The smallest absolute Gasteiger partial charge is 0.319 e. The molecule has 2 aromatic rings. The van der Waals surface area contributed by atoms with E-state index in [1.54, 1.807) is 38.0 Å². The number of likely N-dealkylation sites (tertiary alicyclic amines) is 2. The predicted molar refractivity (Wildman–Crippen MR) is 230 cm³/mol. The molecule has 0 saturated carbocycles. The molecule has 2 aliphatic heterocycles. The molecule has 5 amide bonds. The Labute approximate surface area is 355 Å². The van der Waals surface area contributed by atoms with Crippen molar-refractivity contribution in [3.8, 4) is 12.0 Å². The highest BCUT2D eigenvalue weighted by Gasteiger charge is 2.35. The van der Waals surface area contributed by atoms with Crippen molar-refractivity contribution in [1.82, 2.24) is 19.6 Å². The summed E-state index contributed by atoms with van der Waals surface area (Å²) in [5, 5.41) is 15.7. The van der Waals surface area contributed by atoms with Crippen molar-refractivity contribution in [3.63, 3.8) is 0 Å². The second-order valence-corrected chi connectivity index (χ2v) is 21.4. The first-order valence-electron chi connectivity index (χ1n) is 21.3. The van der Waals surface area contributed by atoms with Gasteiger partial charge >= 0.3 is 12.1 Å². The standard InChI is InChI=1S/C22H31N3O4S.C13H13NO.C8H17N3O3S/c1-24(2)22(27)25-11-9-17(10-12-25)30(28,29)14-20(26)23-21-18-7-3-5-15(18)13-16-6-4-8-19(16)21;14-8-15-13-11-5-1-3-9(11)7-10-4-2-6-12(10)13;1-10(2)8(12)11-5-3-7(4-6-11)15(9,13)14/h13,17H,3-12,14H2,1-2H3,(H,23,26);7H,1-6H2;7H,3-6H2,1-2H3,(H2,9,13,14). The third-order valence-electron chi connectivity index (χ3n) is 12.8. The summed E-state index contributed by atoms with van der Waals surface area (Å²) in [6.45, 7) is 1.72. The first-order valence-corrected chi connectivity index (χ1v) is 24.6. The molecule has 0 unspecified atom stereocenters. The van der Waals surface area contributed by atoms with E-state index in [0.29, 0.717) is 51.9 Å². The Morgan fingerprint density at radius 2 is 1.07 bits per heavy atom. The van der Waals surface area contributed by atoms with Crippen LogP contribution in [-0.2, 0) is 76.0 Å². The van der Waals surface area contributed by atoms with Gasteiger partial charge in [-0.15, -0.1) is 5.26 Å². The molecule has 15 nitrogen and oxygen atoms in total. The predicted octanol–water partition coefficient (Wildman–Crippen LogP) is 4.11. The van der Waals surface area contributed by atoms with Gasteiger partial charge in [-0.05, 0) is 147 Å². The molecule has 0 bridgehead atoms. The molecule has 2 saturated heterocycles. The van der Waals surface area contributed by atoms with Gasteiger partial charge in [-0.1, -0.05) is 12.1 Å². The number of urea groups is 2. The number of rotatable bonds is 6. The summed E-state index contributed by atoms with van der Waals surface area (Å²) in [6.07, 6.45) is 16.5. The number of nitrogens with two attached hydrogens (primary N) is 1. The van der Waals surface area contributed by atoms with Crippen LogP contribution in [0.3, 0.4) is 0 Å². The number of aryl methyl sites for hydroxylation is 4. The Morgan fingerprint density at radius 1 is 0.683 bits per heavy atom. The number of primary sulfonamides is 1. The van der Waals surface area contributed by atoms with Crippen molar-refractivity contribution in [1.29, 1.82) is 5.26 Å². The van der Waals surface area contributed by atoms with Crippen LogP contribution in [0, 0.1) is 11.5 Å². The third kappa shape index (κ3) is 10.4. The van der Waals surface area contributed by atoms with Crippen LogP contribution in [0.2, 0.25) is 0 Å². The molecule has 0 spiro atoms. The van der Waals surface area contributed by atoms with Gasteiger partial charge in [0.05, 0.1) is 10.5 Å². The number of hydrogen-bond donors (Lipinski definition) is 2. The molecular formula is C43H61N7O8S2. The molecule has 0 atom stereocenters. The minimum absolute atomic E-state index is 0.0807. The van der Waals surface area contributed by atoms with Crippen LogP contribution in [-0.4, -0.2) is 125 Å². The highest BCUT2D eigenvalue weighted by atomic mass is 32.2. The number of carbonyl (C=O) groups is 3. The first kappa shape index (κ1) is 45.1. The van der Waals surface area contributed by atoms with Crippen LogP contribution in [0.5, 0.6) is 5.75 Å². The second kappa shape index (κ2) is 19.1. The van der Waals surface area contributed by atoms with Gasteiger partial charge in [0.25, 0.3) is 6.26 Å². The topological polar surface area (TPSA) is 204 Å². The number of hydrogen-bond acceptors (Lipinski definition) is 9. The van der Waals surface area contributed by atoms with E-state index < -0.39 is 42.0 Å². The van der Waals surface area contributed by atoms with Crippen LogP contribution < -0.4 is 15.2 Å². The van der Waals surface area contributed by atoms with Gasteiger partial charge in [-0.25, -0.2) is 31.6 Å². The van der Waals surface area contributed by atoms with E-state index in [4.69, 9.17) is 15.1 Å². The van der Waals surface area contributed by atoms with Gasteiger partial charge in [0.2, 0.25) is 15.9 Å². The lowest BCUT2D eigenvalue weighted by molar-refractivity contribution is -0.113. The summed E-state index contributed by atoms with van der Waals surface area (Å²) in [7, 11) is -0.287. The highest BCUT2D eigenvalue weighted by Crippen LogP contribution is 2.41. The molecular weight excluding hydrogens is 807 g/mol. The number of sulfone groups is 1. The van der Waals surface area contributed by atoms with Crippen molar-refractivity contribution < 1.29 is 36.0 Å². The van der Waals surface area contributed by atoms with E-state index >= 15 is 0 Å². The van der Waals surface area contributed by atoms with Crippen LogP contribution >= 0.6 is 0 Å². The molecule has 2 aromatic carbocycles. The fourth-order valence-electron chi connectivity index (χ4n) is 9.72. The van der Waals surface area contributed by atoms with Crippen molar-refractivity contribution in [2.75, 3.05) is 65.4 Å². The highest BCUT2D eigenvalue weighted by molar-refractivity contribution is 7.92. The average molecular weight is 868 g/mol. The van der Waals surface area contributed by atoms with Crippen LogP contribution in [0.1, 0.15) is 95.9 Å². The number of ether oxygens (including phenoxy) is 1. The van der Waals surface area contributed by atoms with Crippen molar-refractivity contribution in [3.05, 3.63) is 56.6 Å². The summed E-state index contributed by atoms with van der Waals surface area (Å²) in [5.74, 6) is -0.0197. The van der Waals surface area contributed by atoms with Crippen LogP contribution in [0.4, 0.5) is 15.3 Å². The molecule has 8 rings (SSSR count). The number of benzene rings is 2. The summed E-state index contributed by atoms with van der Waals surface area (Å²) in [5.41, 5.74) is 11.4. The van der Waals surface area contributed by atoms with Crippen molar-refractivity contribution in [2.24, 2.45) is 5.14 Å². The normalized spacial score (nSPS) is 18.4. The zero-order chi connectivity index (χ0) is 43.4. The van der Waals surface area contributed by atoms with Gasteiger partial charge in [0.1, 0.15) is 11.5 Å². The average Bonchev–Trinajstić information content (AvgIpc) is 4.05. The molecule has 3 N–H and O–H groups in total. The van der Waals surface area contributed by atoms with Crippen molar-refractivity contribution in [2.45, 2.75) is 113 Å². The zero-order valence-electron chi connectivity index (χ0n) is 35.6. The van der Waals surface area contributed by atoms with E-state index in [0.717, 1.165) is 75.6 Å². The number of anilines is 1. The molecule has 6 aliphatic rings. The molecule has 2 fully saturated rings. The Morgan fingerprint density at radius 3 is 1.45 bits per heavy atom. The molecule has 60 heavy (non-hydrogen) atoms. The lowest BCUT2D eigenvalue weighted by Crippen LogP contribution is -2.47. The maximum absolute atomic E-state index is 12.9. The number of sulfonamides is 1. The Hall–Kier alpha value is -4.40. The summed E-state index contributed by atoms with van der Waals surface area (Å²) < 4.78 is 53.1. The van der Waals surface area contributed by atoms with E-state index in [1.165, 1.54) is 67.1 Å². The van der Waals surface area contributed by atoms with E-state index in [2.05, 4.69) is 17.4 Å². The number of carbonyl (C=O) groups excluding carboxylic acids is 3. The number of piperidine rings is 2. The van der Waals surface area contributed by atoms with Crippen LogP contribution in [0.25, 0.3) is 0 Å². The largest absolute Gasteiger partial charge is 0.387 e. The second-order valence-electron chi connectivity index (χ2n) is 17.3. The fourth-order valence-corrected chi connectivity index (χ4v) is 12.2.